The van der Waals surface area contributed by atoms with Crippen LogP contribution >= 0.6 is 0 Å². The van der Waals surface area contributed by atoms with Gasteiger partial charge in [0.05, 0.1) is 6.61 Å². The Bertz CT molecular complexity index is 570. The lowest BCUT2D eigenvalue weighted by Gasteiger charge is -2.41. The molecule has 0 saturated carbocycles. The van der Waals surface area contributed by atoms with Crippen LogP contribution in [-0.2, 0) is 23.9 Å². The quantitative estimate of drug-likeness (QED) is 0.421. The first kappa shape index (κ1) is 18.5. The molecule has 0 unspecified atom stereocenters. The Labute approximate surface area is 125 Å². The molecule has 124 valence electrons. The van der Waals surface area contributed by atoms with Crippen molar-refractivity contribution in [3.05, 3.63) is 0 Å². The van der Waals surface area contributed by atoms with Gasteiger partial charge in [-0.1, -0.05) is 0 Å². The summed E-state index contributed by atoms with van der Waals surface area (Å²) in [5.74, 6) is -8.61. The maximum absolute atomic E-state index is 11.9. The summed E-state index contributed by atoms with van der Waals surface area (Å²) < 4.78 is 4.83. The van der Waals surface area contributed by atoms with E-state index >= 15 is 0 Å². The maximum atomic E-state index is 11.9. The van der Waals surface area contributed by atoms with Gasteiger partial charge in [0.1, 0.15) is 0 Å². The van der Waals surface area contributed by atoms with Crippen LogP contribution in [0.5, 0.6) is 0 Å². The molecule has 22 heavy (non-hydrogen) atoms. The van der Waals surface area contributed by atoms with Crippen molar-refractivity contribution in [3.63, 3.8) is 0 Å². The molecule has 0 radical (unpaired) electrons. The third-order valence-electron chi connectivity index (χ3n) is 4.21. The number of carbonyl (C=O) groups excluding carboxylic acids is 4. The highest BCUT2D eigenvalue weighted by Crippen LogP contribution is 2.53. The lowest BCUT2D eigenvalue weighted by Crippen LogP contribution is -2.75. The van der Waals surface area contributed by atoms with Crippen LogP contribution in [0.2, 0.25) is 0 Å². The standard InChI is InChI=1S/C13H18O9/c1-6(15)10(5-14)11(19,7(2)16)12(20,8(3)17)13(21,22-10)9(4)18/h14,19-21H,5H2,1-4H3/t10-,11+,12+,13-/m0/s1. The number of aliphatic hydroxyl groups excluding tert-OH is 1. The molecule has 0 bridgehead atoms. The molecule has 0 aromatic carbocycles. The largest absolute Gasteiger partial charge is 0.393 e. The van der Waals surface area contributed by atoms with Crippen molar-refractivity contribution in [3.8, 4) is 0 Å². The van der Waals surface area contributed by atoms with E-state index in [0.29, 0.717) is 6.92 Å². The van der Waals surface area contributed by atoms with Gasteiger partial charge in [-0.25, -0.2) is 0 Å². The van der Waals surface area contributed by atoms with Crippen LogP contribution in [0.15, 0.2) is 0 Å². The zero-order chi connectivity index (χ0) is 17.7. The Morgan fingerprint density at radius 1 is 0.773 bits per heavy atom. The van der Waals surface area contributed by atoms with E-state index < -0.39 is 52.3 Å². The molecule has 4 N–H and O–H groups in total. The van der Waals surface area contributed by atoms with Crippen molar-refractivity contribution < 1.29 is 44.3 Å². The Morgan fingerprint density at radius 3 is 1.41 bits per heavy atom. The van der Waals surface area contributed by atoms with Gasteiger partial charge in [-0.2, -0.15) is 0 Å². The highest BCUT2D eigenvalue weighted by atomic mass is 16.7. The second-order valence-corrected chi connectivity index (χ2v) is 5.38. The second-order valence-electron chi connectivity index (χ2n) is 5.38. The number of hydrogen-bond donors (Lipinski definition) is 4. The van der Waals surface area contributed by atoms with Crippen molar-refractivity contribution in [1.29, 1.82) is 0 Å². The number of hydrogen-bond acceptors (Lipinski definition) is 9. The molecule has 0 spiro atoms. The van der Waals surface area contributed by atoms with Gasteiger partial charge in [-0.05, 0) is 20.8 Å². The summed E-state index contributed by atoms with van der Waals surface area (Å²) in [4.78, 5) is 47.5. The van der Waals surface area contributed by atoms with Crippen molar-refractivity contribution in [2.75, 3.05) is 6.61 Å². The van der Waals surface area contributed by atoms with Gasteiger partial charge in [-0.3, -0.25) is 19.2 Å². The van der Waals surface area contributed by atoms with Gasteiger partial charge < -0.3 is 25.2 Å². The smallest absolute Gasteiger partial charge is 0.268 e. The topological polar surface area (TPSA) is 158 Å². The van der Waals surface area contributed by atoms with E-state index in [1.54, 1.807) is 0 Å². The second kappa shape index (κ2) is 5.00. The normalized spacial score (nSPS) is 41.3. The number of ether oxygens (including phenoxy) is 1. The Morgan fingerprint density at radius 2 is 1.18 bits per heavy atom. The molecule has 1 fully saturated rings. The molecule has 0 amide bonds. The molecule has 9 nitrogen and oxygen atoms in total. The van der Waals surface area contributed by atoms with Crippen LogP contribution in [-0.4, -0.2) is 72.8 Å². The van der Waals surface area contributed by atoms with Crippen LogP contribution in [0.3, 0.4) is 0 Å². The Kier molecular flexibility index (Phi) is 4.21. The molecular formula is C13H18O9. The minimum absolute atomic E-state index is 0.693. The van der Waals surface area contributed by atoms with E-state index in [4.69, 9.17) is 4.74 Å². The SMILES string of the molecule is CC(=O)[C@@]1(O)[C@@](O)(C(C)=O)[C@](CO)(C(C)=O)O[C@@]1(O)C(C)=O. The maximum Gasteiger partial charge on any atom is 0.268 e. The van der Waals surface area contributed by atoms with E-state index in [9.17, 15) is 39.6 Å². The first-order valence-electron chi connectivity index (χ1n) is 6.32. The zero-order valence-electron chi connectivity index (χ0n) is 12.5. The fourth-order valence-electron chi connectivity index (χ4n) is 2.88. The van der Waals surface area contributed by atoms with Gasteiger partial charge in [0.25, 0.3) is 5.79 Å². The van der Waals surface area contributed by atoms with E-state index in [-0.39, 0.29) is 0 Å². The number of carbonyl (C=O) groups is 4. The summed E-state index contributed by atoms with van der Waals surface area (Å²) in [6.07, 6.45) is 0. The summed E-state index contributed by atoms with van der Waals surface area (Å²) >= 11 is 0. The average Bonchev–Trinajstić information content (AvgIpc) is 2.57. The minimum Gasteiger partial charge on any atom is -0.393 e. The number of Topliss-reactive ketones (excluding diaryl/α,β-unsaturated/α-hetero) is 4. The first-order chi connectivity index (χ1) is 9.79. The molecule has 1 rings (SSSR count). The number of rotatable bonds is 5. The monoisotopic (exact) mass is 318 g/mol. The van der Waals surface area contributed by atoms with Gasteiger partial charge in [0, 0.05) is 6.92 Å². The summed E-state index contributed by atoms with van der Waals surface area (Å²) in [7, 11) is 0. The van der Waals surface area contributed by atoms with E-state index in [1.807, 2.05) is 0 Å². The van der Waals surface area contributed by atoms with Gasteiger partial charge in [0.15, 0.2) is 28.7 Å². The summed E-state index contributed by atoms with van der Waals surface area (Å²) in [6, 6.07) is 0. The zero-order valence-corrected chi connectivity index (χ0v) is 12.5. The van der Waals surface area contributed by atoms with E-state index in [0.717, 1.165) is 20.8 Å². The Hall–Kier alpha value is -1.52. The predicted octanol–water partition coefficient (Wildman–Crippen LogP) is -2.75. The van der Waals surface area contributed by atoms with Gasteiger partial charge in [0.2, 0.25) is 11.2 Å². The predicted molar refractivity (Wildman–Crippen MR) is 68.5 cm³/mol. The molecule has 0 aliphatic carbocycles. The average molecular weight is 318 g/mol. The number of aliphatic hydroxyl groups is 4. The van der Waals surface area contributed by atoms with Gasteiger partial charge >= 0.3 is 0 Å². The highest BCUT2D eigenvalue weighted by Gasteiger charge is 2.86. The van der Waals surface area contributed by atoms with Crippen molar-refractivity contribution in [1.82, 2.24) is 0 Å². The molecule has 0 aromatic rings. The molecule has 1 saturated heterocycles. The first-order valence-corrected chi connectivity index (χ1v) is 6.32. The van der Waals surface area contributed by atoms with Gasteiger partial charge in [-0.15, -0.1) is 0 Å². The molecule has 1 aliphatic rings. The lowest BCUT2D eigenvalue weighted by atomic mass is 9.65. The summed E-state index contributed by atoms with van der Waals surface area (Å²) in [5, 5.41) is 41.1. The van der Waals surface area contributed by atoms with E-state index in [2.05, 4.69) is 0 Å². The number of ketones is 4. The third-order valence-corrected chi connectivity index (χ3v) is 4.21. The van der Waals surface area contributed by atoms with Crippen molar-refractivity contribution in [2.24, 2.45) is 0 Å². The van der Waals surface area contributed by atoms with Crippen LogP contribution in [0.25, 0.3) is 0 Å². The minimum atomic E-state index is -3.47. The van der Waals surface area contributed by atoms with Crippen LogP contribution in [0, 0.1) is 0 Å². The van der Waals surface area contributed by atoms with Crippen molar-refractivity contribution >= 4 is 23.1 Å². The molecule has 4 atom stereocenters. The summed E-state index contributed by atoms with van der Waals surface area (Å²) in [6.45, 7) is 1.58. The van der Waals surface area contributed by atoms with Crippen molar-refractivity contribution in [2.45, 2.75) is 50.3 Å². The fourth-order valence-corrected chi connectivity index (χ4v) is 2.88. The third kappa shape index (κ3) is 1.65. The molecular weight excluding hydrogens is 300 g/mol. The van der Waals surface area contributed by atoms with Crippen LogP contribution < -0.4 is 0 Å². The highest BCUT2D eigenvalue weighted by molar-refractivity contribution is 6.10. The van der Waals surface area contributed by atoms with E-state index in [1.165, 1.54) is 0 Å². The molecule has 1 heterocycles. The lowest BCUT2D eigenvalue weighted by molar-refractivity contribution is -0.256. The summed E-state index contributed by atoms with van der Waals surface area (Å²) in [5.41, 5.74) is -9.70. The Balaban J connectivity index is 3.99. The molecule has 9 heteroatoms. The van der Waals surface area contributed by atoms with Crippen LogP contribution in [0.1, 0.15) is 27.7 Å². The van der Waals surface area contributed by atoms with Crippen LogP contribution in [0.4, 0.5) is 0 Å². The molecule has 0 aromatic heterocycles. The molecule has 1 aliphatic heterocycles. The fraction of sp³-hybridized carbons (Fsp3) is 0.692.